The smallest absolute Gasteiger partial charge is 0.176 e. The highest BCUT2D eigenvalue weighted by molar-refractivity contribution is 7.14. The molecule has 0 bridgehead atoms. The van der Waals surface area contributed by atoms with E-state index in [-0.39, 0.29) is 5.13 Å². The standard InChI is InChI=1S/C20H13FN4S/c21-20-5-4-19(26-20)13-2-1-3-15-14(13)10-17(23-15)18-11-16(24-25-18)12-6-8-22-9-7-12/h1-11,23H,(H,24,25). The van der Waals surface area contributed by atoms with Crippen molar-refractivity contribution in [1.82, 2.24) is 20.2 Å². The van der Waals surface area contributed by atoms with E-state index in [2.05, 4.69) is 26.2 Å². The normalized spacial score (nSPS) is 11.3. The number of hydrogen-bond donors (Lipinski definition) is 2. The van der Waals surface area contributed by atoms with E-state index in [0.29, 0.717) is 0 Å². The number of thiophene rings is 1. The topological polar surface area (TPSA) is 57.4 Å². The molecule has 4 aromatic heterocycles. The van der Waals surface area contributed by atoms with Crippen molar-refractivity contribution in [2.45, 2.75) is 0 Å². The van der Waals surface area contributed by atoms with Gasteiger partial charge in [-0.05, 0) is 42.5 Å². The van der Waals surface area contributed by atoms with E-state index in [1.165, 1.54) is 6.07 Å². The summed E-state index contributed by atoms with van der Waals surface area (Å²) in [6.45, 7) is 0. The summed E-state index contributed by atoms with van der Waals surface area (Å²) in [7, 11) is 0. The number of aromatic amines is 2. The summed E-state index contributed by atoms with van der Waals surface area (Å²) < 4.78 is 13.4. The minimum atomic E-state index is -0.179. The second-order valence-corrected chi connectivity index (χ2v) is 6.99. The highest BCUT2D eigenvalue weighted by atomic mass is 32.1. The van der Waals surface area contributed by atoms with Crippen LogP contribution >= 0.6 is 11.3 Å². The molecule has 5 aromatic rings. The Morgan fingerprint density at radius 2 is 1.81 bits per heavy atom. The van der Waals surface area contributed by atoms with Crippen LogP contribution in [0.5, 0.6) is 0 Å². The number of hydrogen-bond acceptors (Lipinski definition) is 3. The first kappa shape index (κ1) is 15.0. The number of nitrogens with one attached hydrogen (secondary N) is 2. The molecule has 5 rings (SSSR count). The third-order valence-corrected chi connectivity index (χ3v) is 5.25. The Balaban J connectivity index is 1.60. The Morgan fingerprint density at radius 3 is 2.62 bits per heavy atom. The van der Waals surface area contributed by atoms with Crippen molar-refractivity contribution in [2.75, 3.05) is 0 Å². The zero-order valence-corrected chi connectivity index (χ0v) is 14.3. The Labute approximate surface area is 152 Å². The number of nitrogens with zero attached hydrogens (tertiary/aromatic N) is 2. The number of benzene rings is 1. The highest BCUT2D eigenvalue weighted by Crippen LogP contribution is 2.35. The Morgan fingerprint density at radius 1 is 0.923 bits per heavy atom. The van der Waals surface area contributed by atoms with E-state index in [4.69, 9.17) is 0 Å². The van der Waals surface area contributed by atoms with E-state index in [0.717, 1.165) is 55.3 Å². The first-order valence-electron chi connectivity index (χ1n) is 8.11. The second kappa shape index (κ2) is 5.93. The molecule has 1 aromatic carbocycles. The van der Waals surface area contributed by atoms with Crippen LogP contribution in [0, 0.1) is 5.13 Å². The summed E-state index contributed by atoms with van der Waals surface area (Å²) in [4.78, 5) is 8.36. The lowest BCUT2D eigenvalue weighted by Gasteiger charge is -1.98. The van der Waals surface area contributed by atoms with Gasteiger partial charge in [0.2, 0.25) is 0 Å². The van der Waals surface area contributed by atoms with E-state index >= 15 is 0 Å². The van der Waals surface area contributed by atoms with Crippen molar-refractivity contribution in [1.29, 1.82) is 0 Å². The average Bonchev–Trinajstić information content (AvgIpc) is 3.40. The zero-order chi connectivity index (χ0) is 17.5. The minimum absolute atomic E-state index is 0.179. The maximum atomic E-state index is 13.4. The first-order valence-corrected chi connectivity index (χ1v) is 8.93. The molecule has 0 unspecified atom stereocenters. The Kier molecular flexibility index (Phi) is 3.43. The van der Waals surface area contributed by atoms with Crippen molar-refractivity contribution in [2.24, 2.45) is 0 Å². The number of halogens is 1. The fraction of sp³-hybridized carbons (Fsp3) is 0. The summed E-state index contributed by atoms with van der Waals surface area (Å²) in [5, 5.41) is 8.37. The molecule has 2 N–H and O–H groups in total. The SMILES string of the molecule is Fc1ccc(-c2cccc3[nH]c(-c4cc(-c5ccncc5)[nH]n4)cc23)s1. The summed E-state index contributed by atoms with van der Waals surface area (Å²) in [6.07, 6.45) is 3.51. The van der Waals surface area contributed by atoms with Gasteiger partial charge in [0.15, 0.2) is 5.13 Å². The lowest BCUT2D eigenvalue weighted by Crippen LogP contribution is -1.77. The van der Waals surface area contributed by atoms with Crippen molar-refractivity contribution >= 4 is 22.2 Å². The van der Waals surface area contributed by atoms with Crippen LogP contribution in [0.4, 0.5) is 4.39 Å². The number of pyridine rings is 1. The van der Waals surface area contributed by atoms with Crippen LogP contribution in [-0.4, -0.2) is 20.2 Å². The van der Waals surface area contributed by atoms with E-state index < -0.39 is 0 Å². The van der Waals surface area contributed by atoms with Crippen molar-refractivity contribution in [3.63, 3.8) is 0 Å². The summed E-state index contributed by atoms with van der Waals surface area (Å²) >= 11 is 1.15. The van der Waals surface area contributed by atoms with Crippen LogP contribution in [0.3, 0.4) is 0 Å². The molecule has 6 heteroatoms. The fourth-order valence-corrected chi connectivity index (χ4v) is 3.88. The van der Waals surface area contributed by atoms with Gasteiger partial charge in [-0.1, -0.05) is 12.1 Å². The van der Waals surface area contributed by atoms with Crippen molar-refractivity contribution in [3.05, 3.63) is 72.1 Å². The zero-order valence-electron chi connectivity index (χ0n) is 13.5. The Hall–Kier alpha value is -3.25. The lowest BCUT2D eigenvalue weighted by atomic mass is 10.1. The maximum absolute atomic E-state index is 13.4. The molecule has 4 heterocycles. The van der Waals surface area contributed by atoms with Gasteiger partial charge >= 0.3 is 0 Å². The largest absolute Gasteiger partial charge is 0.353 e. The molecular weight excluding hydrogens is 347 g/mol. The van der Waals surface area contributed by atoms with E-state index in [9.17, 15) is 4.39 Å². The maximum Gasteiger partial charge on any atom is 0.176 e. The number of rotatable bonds is 3. The van der Waals surface area contributed by atoms with Crippen LogP contribution < -0.4 is 0 Å². The fourth-order valence-electron chi connectivity index (χ4n) is 3.11. The third kappa shape index (κ3) is 2.51. The molecule has 0 saturated carbocycles. The summed E-state index contributed by atoms with van der Waals surface area (Å²) in [5.74, 6) is 0. The van der Waals surface area contributed by atoms with Crippen molar-refractivity contribution in [3.8, 4) is 33.1 Å². The Bertz CT molecular complexity index is 1200. The van der Waals surface area contributed by atoms with E-state index in [1.807, 2.05) is 42.5 Å². The molecule has 0 aliphatic rings. The lowest BCUT2D eigenvalue weighted by molar-refractivity contribution is 0.657. The molecule has 0 spiro atoms. The van der Waals surface area contributed by atoms with E-state index in [1.54, 1.807) is 12.4 Å². The van der Waals surface area contributed by atoms with Gasteiger partial charge in [-0.25, -0.2) is 0 Å². The first-order chi connectivity index (χ1) is 12.8. The molecule has 26 heavy (non-hydrogen) atoms. The van der Waals surface area contributed by atoms with Crippen LogP contribution in [0.2, 0.25) is 0 Å². The predicted octanol–water partition coefficient (Wildman–Crippen LogP) is 5.49. The van der Waals surface area contributed by atoms with Crippen LogP contribution in [0.25, 0.3) is 44.0 Å². The molecule has 126 valence electrons. The predicted molar refractivity (Wildman–Crippen MR) is 102 cm³/mol. The summed E-state index contributed by atoms with van der Waals surface area (Å²) in [5.41, 5.74) is 5.73. The van der Waals surface area contributed by atoms with Gasteiger partial charge in [-0.3, -0.25) is 10.1 Å². The second-order valence-electron chi connectivity index (χ2n) is 5.96. The molecule has 0 aliphatic carbocycles. The van der Waals surface area contributed by atoms with Gasteiger partial charge in [0.05, 0.1) is 11.4 Å². The van der Waals surface area contributed by atoms with Gasteiger partial charge in [-0.2, -0.15) is 9.49 Å². The van der Waals surface area contributed by atoms with Gasteiger partial charge in [0.25, 0.3) is 0 Å². The van der Waals surface area contributed by atoms with Gasteiger partial charge in [-0.15, -0.1) is 11.3 Å². The van der Waals surface area contributed by atoms with Gasteiger partial charge < -0.3 is 4.98 Å². The average molecular weight is 360 g/mol. The molecule has 0 atom stereocenters. The van der Waals surface area contributed by atoms with Crippen molar-refractivity contribution < 1.29 is 4.39 Å². The molecule has 0 amide bonds. The quantitative estimate of drug-likeness (QED) is 0.447. The number of H-pyrrole nitrogens is 2. The van der Waals surface area contributed by atoms with Crippen LogP contribution in [0.1, 0.15) is 0 Å². The summed E-state index contributed by atoms with van der Waals surface area (Å²) in [6, 6.07) is 17.3. The van der Waals surface area contributed by atoms with Gasteiger partial charge in [0.1, 0.15) is 5.69 Å². The molecule has 0 radical (unpaired) electrons. The van der Waals surface area contributed by atoms with Crippen LogP contribution in [0.15, 0.2) is 67.0 Å². The monoisotopic (exact) mass is 360 g/mol. The molecule has 0 fully saturated rings. The number of aromatic nitrogens is 4. The molecule has 0 aliphatic heterocycles. The molecule has 0 saturated heterocycles. The highest BCUT2D eigenvalue weighted by Gasteiger charge is 2.12. The molecular formula is C20H13FN4S. The van der Waals surface area contributed by atoms with Gasteiger partial charge in [0, 0.05) is 39.3 Å². The third-order valence-electron chi connectivity index (χ3n) is 4.35. The minimum Gasteiger partial charge on any atom is -0.353 e. The van der Waals surface area contributed by atoms with Crippen LogP contribution in [-0.2, 0) is 0 Å². The number of fused-ring (bicyclic) bond motifs is 1. The molecule has 4 nitrogen and oxygen atoms in total.